The Bertz CT molecular complexity index is 1180. The Morgan fingerprint density at radius 2 is 0.527 bits per heavy atom. The van der Waals surface area contributed by atoms with Crippen molar-refractivity contribution >= 4 is 0 Å². The molecule has 0 bridgehead atoms. The molecule has 0 heterocycles. The highest BCUT2D eigenvalue weighted by Gasteiger charge is 2.27. The largest absolute Gasteiger partial charge is 0.507 e. The van der Waals surface area contributed by atoms with Crippen molar-refractivity contribution in [2.75, 3.05) is 52.4 Å². The normalized spacial score (nSPS) is 12.9. The fourth-order valence-corrected chi connectivity index (χ4v) is 7.33. The van der Waals surface area contributed by atoms with Crippen LogP contribution < -0.4 is 21.3 Å². The first-order valence-electron chi connectivity index (χ1n) is 22.3. The Balaban J connectivity index is 1.38. The van der Waals surface area contributed by atoms with Crippen molar-refractivity contribution in [1.29, 1.82) is 0 Å². The Labute approximate surface area is 340 Å². The minimum Gasteiger partial charge on any atom is -0.507 e. The average Bonchev–Trinajstić information content (AvgIpc) is 3.07. The number of unbranched alkanes of at least 4 members (excludes halogenated alkanes) is 6. The maximum Gasteiger partial charge on any atom is 0.123 e. The van der Waals surface area contributed by atoms with Crippen LogP contribution in [0.25, 0.3) is 0 Å². The summed E-state index contributed by atoms with van der Waals surface area (Å²) in [6.45, 7) is 35.0. The molecule has 0 aromatic heterocycles. The van der Waals surface area contributed by atoms with E-state index in [9.17, 15) is 10.2 Å². The van der Waals surface area contributed by atoms with Crippen LogP contribution >= 0.6 is 0 Å². The number of hydrogen-bond acceptors (Lipinski definition) is 6. The molecule has 0 amide bonds. The molecule has 0 aliphatic rings. The van der Waals surface area contributed by atoms with Crippen LogP contribution in [0.3, 0.4) is 0 Å². The van der Waals surface area contributed by atoms with Gasteiger partial charge >= 0.3 is 0 Å². The second kappa shape index (κ2) is 24.0. The minimum atomic E-state index is -0.0711. The molecule has 2 aromatic rings. The van der Waals surface area contributed by atoms with Gasteiger partial charge in [-0.05, 0) is 172 Å². The van der Waals surface area contributed by atoms with Crippen LogP contribution in [0.1, 0.15) is 187 Å². The second-order valence-corrected chi connectivity index (χ2v) is 20.5. The molecule has 316 valence electrons. The van der Waals surface area contributed by atoms with Crippen LogP contribution in [-0.2, 0) is 34.5 Å². The zero-order valence-corrected chi connectivity index (χ0v) is 38.1. The molecule has 0 unspecified atom stereocenters. The molecule has 0 spiro atoms. The number of phenolic OH excluding ortho intramolecular Hbond substituents is 2. The number of aromatic hydroxyl groups is 2. The smallest absolute Gasteiger partial charge is 0.123 e. The molecule has 6 N–H and O–H groups in total. The summed E-state index contributed by atoms with van der Waals surface area (Å²) in [5.74, 6) is 0.955. The summed E-state index contributed by atoms with van der Waals surface area (Å²) in [6, 6.07) is 8.90. The van der Waals surface area contributed by atoms with E-state index in [2.05, 4.69) is 129 Å². The Morgan fingerprint density at radius 3 is 0.764 bits per heavy atom. The first-order chi connectivity index (χ1) is 25.7. The third-order valence-electron chi connectivity index (χ3n) is 10.8. The maximum atomic E-state index is 11.0. The van der Waals surface area contributed by atoms with Gasteiger partial charge in [-0.3, -0.25) is 0 Å². The molecule has 0 aliphatic heterocycles. The first-order valence-corrected chi connectivity index (χ1v) is 22.3. The van der Waals surface area contributed by atoms with Gasteiger partial charge in [-0.2, -0.15) is 0 Å². The average molecular weight is 765 g/mol. The van der Waals surface area contributed by atoms with E-state index in [4.69, 9.17) is 0 Å². The van der Waals surface area contributed by atoms with E-state index in [1.807, 2.05) is 0 Å². The van der Waals surface area contributed by atoms with Crippen molar-refractivity contribution in [2.24, 2.45) is 0 Å². The molecule has 0 aliphatic carbocycles. The lowest BCUT2D eigenvalue weighted by Gasteiger charge is -2.28. The third-order valence-corrected chi connectivity index (χ3v) is 10.8. The van der Waals surface area contributed by atoms with Crippen LogP contribution in [0.5, 0.6) is 11.5 Å². The second-order valence-electron chi connectivity index (χ2n) is 20.5. The molecular weight excluding hydrogens is 677 g/mol. The summed E-state index contributed by atoms with van der Waals surface area (Å²) in [6.07, 6.45) is 15.8. The lowest BCUT2D eigenvalue weighted by Crippen LogP contribution is -2.21. The highest BCUT2D eigenvalue weighted by atomic mass is 16.3. The van der Waals surface area contributed by atoms with Crippen molar-refractivity contribution in [3.8, 4) is 11.5 Å². The number of nitrogens with one attached hydrogen (secondary N) is 4. The highest BCUT2D eigenvalue weighted by molar-refractivity contribution is 5.51. The fraction of sp³-hybridized carbons (Fsp3) is 0.755. The summed E-state index contributed by atoms with van der Waals surface area (Å²) in [5, 5.41) is 36.5. The summed E-state index contributed by atoms with van der Waals surface area (Å²) < 4.78 is 0. The van der Waals surface area contributed by atoms with E-state index in [1.165, 1.54) is 68.9 Å². The maximum absolute atomic E-state index is 11.0. The van der Waals surface area contributed by atoms with Crippen molar-refractivity contribution in [3.05, 3.63) is 57.6 Å². The molecule has 0 fully saturated rings. The zero-order chi connectivity index (χ0) is 41.1. The number of phenols is 2. The molecule has 55 heavy (non-hydrogen) atoms. The van der Waals surface area contributed by atoms with Crippen molar-refractivity contribution in [3.63, 3.8) is 0 Å². The Kier molecular flexibility index (Phi) is 21.4. The van der Waals surface area contributed by atoms with E-state index in [-0.39, 0.29) is 21.7 Å². The van der Waals surface area contributed by atoms with Crippen molar-refractivity contribution < 1.29 is 10.2 Å². The van der Waals surface area contributed by atoms with E-state index >= 15 is 0 Å². The lowest BCUT2D eigenvalue weighted by molar-refractivity contribution is 0.421. The quantitative estimate of drug-likeness (QED) is 0.0535. The topological polar surface area (TPSA) is 88.6 Å². The number of hydrogen-bond donors (Lipinski definition) is 6. The van der Waals surface area contributed by atoms with Crippen LogP contribution in [0.15, 0.2) is 24.3 Å². The summed E-state index contributed by atoms with van der Waals surface area (Å²) >= 11 is 0. The van der Waals surface area contributed by atoms with Gasteiger partial charge in [0.1, 0.15) is 11.5 Å². The Morgan fingerprint density at radius 1 is 0.327 bits per heavy atom. The van der Waals surface area contributed by atoms with Crippen LogP contribution in [-0.4, -0.2) is 62.6 Å². The predicted octanol–water partition coefficient (Wildman–Crippen LogP) is 10.7. The molecule has 6 heteroatoms. The standard InChI is InChI=1S/C49H88N4O2/c1-46(2,3)40-34-38(35-41(44(40)54)47(4,5)6)24-22-32-52-30-20-18-28-50-26-16-14-13-15-17-27-51-29-19-21-31-53-33-23-25-39-36-42(48(7,8)9)45(55)43(37-39)49(10,11)12/h34-37,50-55H,13-33H2,1-12H3. The first kappa shape index (κ1) is 49.0. The SMILES string of the molecule is CC(C)(C)c1cc(CCCNCCCCNCCCCCCCNCCCCNCCCc2cc(C(C)(C)C)c(O)c(C(C)(C)C)c2)cc(C(C)(C)C)c1O. The minimum absolute atomic E-state index is 0.0711. The lowest BCUT2D eigenvalue weighted by atomic mass is 9.78. The molecule has 2 rings (SSSR count). The fourth-order valence-electron chi connectivity index (χ4n) is 7.33. The molecule has 0 saturated heterocycles. The summed E-state index contributed by atoms with van der Waals surface area (Å²) in [5.41, 5.74) is 6.65. The van der Waals surface area contributed by atoms with Gasteiger partial charge in [0.25, 0.3) is 0 Å². The van der Waals surface area contributed by atoms with Gasteiger partial charge in [-0.25, -0.2) is 0 Å². The van der Waals surface area contributed by atoms with Gasteiger partial charge < -0.3 is 31.5 Å². The van der Waals surface area contributed by atoms with Crippen molar-refractivity contribution in [1.82, 2.24) is 21.3 Å². The van der Waals surface area contributed by atoms with Gasteiger partial charge in [0.2, 0.25) is 0 Å². The van der Waals surface area contributed by atoms with E-state index < -0.39 is 0 Å². The third kappa shape index (κ3) is 19.3. The van der Waals surface area contributed by atoms with Crippen LogP contribution in [0.4, 0.5) is 0 Å². The highest BCUT2D eigenvalue weighted by Crippen LogP contribution is 2.41. The number of aryl methyl sites for hydroxylation is 2. The zero-order valence-electron chi connectivity index (χ0n) is 38.1. The monoisotopic (exact) mass is 765 g/mol. The Hall–Kier alpha value is -2.12. The molecule has 6 nitrogen and oxygen atoms in total. The molecule has 0 radical (unpaired) electrons. The van der Waals surface area contributed by atoms with Gasteiger partial charge in [-0.15, -0.1) is 0 Å². The summed E-state index contributed by atoms with van der Waals surface area (Å²) in [7, 11) is 0. The molecule has 0 atom stereocenters. The predicted molar refractivity (Wildman–Crippen MR) is 241 cm³/mol. The van der Waals surface area contributed by atoms with Crippen molar-refractivity contribution in [2.45, 2.75) is 188 Å². The van der Waals surface area contributed by atoms with Gasteiger partial charge in [0.05, 0.1) is 0 Å². The van der Waals surface area contributed by atoms with Gasteiger partial charge in [-0.1, -0.05) is 127 Å². The van der Waals surface area contributed by atoms with Gasteiger partial charge in [0, 0.05) is 0 Å². The van der Waals surface area contributed by atoms with Gasteiger partial charge in [0.15, 0.2) is 0 Å². The van der Waals surface area contributed by atoms with E-state index in [0.717, 1.165) is 100 Å². The molecule has 0 saturated carbocycles. The summed E-state index contributed by atoms with van der Waals surface area (Å²) in [4.78, 5) is 0. The van der Waals surface area contributed by atoms with E-state index in [0.29, 0.717) is 11.5 Å². The van der Waals surface area contributed by atoms with E-state index in [1.54, 1.807) is 0 Å². The molecule has 2 aromatic carbocycles. The number of benzene rings is 2. The van der Waals surface area contributed by atoms with Crippen LogP contribution in [0.2, 0.25) is 0 Å². The van der Waals surface area contributed by atoms with Crippen LogP contribution in [0, 0.1) is 0 Å². The molecular formula is C49H88N4O2. The number of rotatable bonds is 26.